The topological polar surface area (TPSA) is 57.3 Å². The number of carbonyl (C=O) groups is 1. The van der Waals surface area contributed by atoms with Gasteiger partial charge in [0.25, 0.3) is 5.91 Å². The molecule has 1 saturated heterocycles. The molecule has 2 heterocycles. The largest absolute Gasteiger partial charge is 0.359 e. The van der Waals surface area contributed by atoms with E-state index in [1.165, 1.54) is 23.5 Å². The van der Waals surface area contributed by atoms with E-state index in [0.717, 1.165) is 48.2 Å². The Morgan fingerprint density at radius 3 is 2.71 bits per heavy atom. The van der Waals surface area contributed by atoms with Crippen LogP contribution < -0.4 is 10.6 Å². The Labute approximate surface area is 219 Å². The minimum absolute atomic E-state index is 0.298. The van der Waals surface area contributed by atoms with Crippen LogP contribution in [0.2, 0.25) is 5.02 Å². The molecule has 1 aliphatic rings. The molecule has 1 fully saturated rings. The van der Waals surface area contributed by atoms with Crippen LogP contribution in [0, 0.1) is 5.82 Å². The molecule has 0 atom stereocenters. The molecule has 4 rings (SSSR count). The standard InChI is InChI=1S/C26H26ClFN4OS2/c1-2-3-12-29-26(34)32-13-10-18(11-14-32)25-31-23(16-35-25)24(33)30-22-9-8-20(28)15-21(22)17-4-6-19(27)7-5-17/h2-9,15-16,18H,10-14H2,1H3,(H,29,34)(H,30,33). The number of nitrogens with one attached hydrogen (secondary N) is 2. The molecule has 182 valence electrons. The Hall–Kier alpha value is -2.81. The maximum atomic E-state index is 14.0. The van der Waals surface area contributed by atoms with Crippen molar-refractivity contribution in [1.29, 1.82) is 0 Å². The van der Waals surface area contributed by atoms with Gasteiger partial charge in [0.2, 0.25) is 0 Å². The van der Waals surface area contributed by atoms with Gasteiger partial charge >= 0.3 is 0 Å². The number of benzene rings is 2. The first-order valence-corrected chi connectivity index (χ1v) is 13.1. The number of rotatable bonds is 6. The molecule has 0 aliphatic carbocycles. The number of amides is 1. The van der Waals surface area contributed by atoms with Crippen molar-refractivity contribution in [3.8, 4) is 11.1 Å². The molecule has 5 nitrogen and oxygen atoms in total. The fourth-order valence-corrected chi connectivity index (χ4v) is 5.33. The van der Waals surface area contributed by atoms with Gasteiger partial charge < -0.3 is 15.5 Å². The lowest BCUT2D eigenvalue weighted by Gasteiger charge is -2.33. The number of thiocarbonyl (C=S) groups is 1. The van der Waals surface area contributed by atoms with Crippen LogP contribution >= 0.6 is 35.2 Å². The third-order valence-corrected chi connectivity index (χ3v) is 7.54. The summed E-state index contributed by atoms with van der Waals surface area (Å²) in [5.41, 5.74) is 2.22. The summed E-state index contributed by atoms with van der Waals surface area (Å²) in [6.07, 6.45) is 5.88. The van der Waals surface area contributed by atoms with Gasteiger partial charge in [-0.25, -0.2) is 9.37 Å². The first-order valence-electron chi connectivity index (χ1n) is 11.4. The highest BCUT2D eigenvalue weighted by atomic mass is 35.5. The first kappa shape index (κ1) is 25.3. The number of nitrogens with zero attached hydrogens (tertiary/aromatic N) is 2. The van der Waals surface area contributed by atoms with Crippen LogP contribution in [0.5, 0.6) is 0 Å². The van der Waals surface area contributed by atoms with Crippen LogP contribution in [0.15, 0.2) is 60.0 Å². The number of allylic oxidation sites excluding steroid dienone is 1. The van der Waals surface area contributed by atoms with E-state index in [0.29, 0.717) is 27.9 Å². The van der Waals surface area contributed by atoms with Gasteiger partial charge in [-0.15, -0.1) is 11.3 Å². The third-order valence-electron chi connectivity index (χ3n) is 5.88. The van der Waals surface area contributed by atoms with E-state index in [4.69, 9.17) is 23.8 Å². The molecule has 0 unspecified atom stereocenters. The molecule has 1 aliphatic heterocycles. The predicted molar refractivity (Wildman–Crippen MR) is 146 cm³/mol. The SMILES string of the molecule is CC=CCNC(=S)N1CCC(c2nc(C(=O)Nc3ccc(F)cc3-c3ccc(Cl)cc3)cs2)CC1. The minimum atomic E-state index is -0.383. The molecule has 0 bridgehead atoms. The summed E-state index contributed by atoms with van der Waals surface area (Å²) >= 11 is 13.0. The van der Waals surface area contributed by atoms with Crippen molar-refractivity contribution in [2.24, 2.45) is 0 Å². The van der Waals surface area contributed by atoms with Crippen LogP contribution in [-0.2, 0) is 0 Å². The molecule has 9 heteroatoms. The van der Waals surface area contributed by atoms with Gasteiger partial charge in [0, 0.05) is 47.2 Å². The van der Waals surface area contributed by atoms with Crippen molar-refractivity contribution >= 4 is 51.9 Å². The van der Waals surface area contributed by atoms with Gasteiger partial charge in [-0.05, 0) is 67.9 Å². The number of piperidine rings is 1. The van der Waals surface area contributed by atoms with Crippen LogP contribution in [-0.4, -0.2) is 40.5 Å². The summed E-state index contributed by atoms with van der Waals surface area (Å²) in [6.45, 7) is 4.42. The molecular weight excluding hydrogens is 503 g/mol. The number of hydrogen-bond donors (Lipinski definition) is 2. The van der Waals surface area contributed by atoms with Crippen molar-refractivity contribution in [3.63, 3.8) is 0 Å². The molecule has 35 heavy (non-hydrogen) atoms. The molecule has 0 saturated carbocycles. The molecule has 1 aromatic heterocycles. The average molecular weight is 529 g/mol. The van der Waals surface area contributed by atoms with Crippen molar-refractivity contribution in [2.45, 2.75) is 25.7 Å². The fraction of sp³-hybridized carbons (Fsp3) is 0.269. The Kier molecular flexibility index (Phi) is 8.49. The van der Waals surface area contributed by atoms with Crippen LogP contribution in [0.3, 0.4) is 0 Å². The molecule has 0 spiro atoms. The second-order valence-corrected chi connectivity index (χ2v) is 9.95. The predicted octanol–water partition coefficient (Wildman–Crippen LogP) is 6.48. The number of hydrogen-bond acceptors (Lipinski definition) is 4. The average Bonchev–Trinajstić information content (AvgIpc) is 3.36. The van der Waals surface area contributed by atoms with Crippen molar-refractivity contribution in [3.05, 3.63) is 81.5 Å². The Bertz CT molecular complexity index is 1220. The third kappa shape index (κ3) is 6.45. The highest BCUT2D eigenvalue weighted by Gasteiger charge is 2.25. The van der Waals surface area contributed by atoms with E-state index in [1.807, 2.05) is 19.1 Å². The van der Waals surface area contributed by atoms with Crippen LogP contribution in [0.4, 0.5) is 10.1 Å². The molecular formula is C26H26ClFN4OS2. The van der Waals surface area contributed by atoms with E-state index in [2.05, 4.69) is 20.5 Å². The van der Waals surface area contributed by atoms with Gasteiger partial charge in [-0.2, -0.15) is 0 Å². The molecule has 2 N–H and O–H groups in total. The van der Waals surface area contributed by atoms with Crippen molar-refractivity contribution in [1.82, 2.24) is 15.2 Å². The summed E-state index contributed by atoms with van der Waals surface area (Å²) in [5, 5.41) is 10.2. The second-order valence-electron chi connectivity index (χ2n) is 8.24. The monoisotopic (exact) mass is 528 g/mol. The van der Waals surface area contributed by atoms with Crippen molar-refractivity contribution < 1.29 is 9.18 Å². The van der Waals surface area contributed by atoms with E-state index in [-0.39, 0.29) is 11.7 Å². The number of thiazole rings is 1. The maximum absolute atomic E-state index is 14.0. The lowest BCUT2D eigenvalue weighted by molar-refractivity contribution is 0.102. The molecule has 1 amide bonds. The smallest absolute Gasteiger partial charge is 0.275 e. The van der Waals surface area contributed by atoms with Gasteiger partial charge in [0.15, 0.2) is 5.11 Å². The van der Waals surface area contributed by atoms with E-state index in [9.17, 15) is 9.18 Å². The summed E-state index contributed by atoms with van der Waals surface area (Å²) in [5.74, 6) is -0.403. The zero-order chi connectivity index (χ0) is 24.8. The van der Waals surface area contributed by atoms with Gasteiger partial charge in [0.05, 0.1) is 5.01 Å². The summed E-state index contributed by atoms with van der Waals surface area (Å²) < 4.78 is 14.0. The Morgan fingerprint density at radius 2 is 2.00 bits per heavy atom. The molecule has 2 aromatic carbocycles. The molecule has 0 radical (unpaired) electrons. The van der Waals surface area contributed by atoms with Crippen LogP contribution in [0.1, 0.15) is 41.2 Å². The summed E-state index contributed by atoms with van der Waals surface area (Å²) in [7, 11) is 0. The van der Waals surface area contributed by atoms with Crippen LogP contribution in [0.25, 0.3) is 11.1 Å². The fourth-order valence-electron chi connectivity index (χ4n) is 3.96. The normalized spacial score (nSPS) is 14.3. The quantitative estimate of drug-likeness (QED) is 0.283. The first-order chi connectivity index (χ1) is 16.9. The number of likely N-dealkylation sites (tertiary alicyclic amines) is 1. The number of aromatic nitrogens is 1. The number of halogens is 2. The van der Waals surface area contributed by atoms with Gasteiger partial charge in [0.1, 0.15) is 11.5 Å². The molecule has 3 aromatic rings. The van der Waals surface area contributed by atoms with E-state index in [1.54, 1.807) is 35.7 Å². The summed E-state index contributed by atoms with van der Waals surface area (Å²) in [4.78, 5) is 19.8. The van der Waals surface area contributed by atoms with Gasteiger partial charge in [-0.3, -0.25) is 4.79 Å². The highest BCUT2D eigenvalue weighted by molar-refractivity contribution is 7.80. The highest BCUT2D eigenvalue weighted by Crippen LogP contribution is 2.32. The van der Waals surface area contributed by atoms with Crippen molar-refractivity contribution in [2.75, 3.05) is 25.0 Å². The van der Waals surface area contributed by atoms with Gasteiger partial charge in [-0.1, -0.05) is 35.9 Å². The zero-order valence-electron chi connectivity index (χ0n) is 19.3. The zero-order valence-corrected chi connectivity index (χ0v) is 21.7. The summed E-state index contributed by atoms with van der Waals surface area (Å²) in [6, 6.07) is 11.3. The van der Waals surface area contributed by atoms with E-state index >= 15 is 0 Å². The lowest BCUT2D eigenvalue weighted by Crippen LogP contribution is -2.43. The van der Waals surface area contributed by atoms with E-state index < -0.39 is 0 Å². The Balaban J connectivity index is 1.40. The number of anilines is 1. The maximum Gasteiger partial charge on any atom is 0.275 e. The number of carbonyl (C=O) groups excluding carboxylic acids is 1. The second kappa shape index (κ2) is 11.7. The minimum Gasteiger partial charge on any atom is -0.359 e. The lowest BCUT2D eigenvalue weighted by atomic mass is 9.98. The Morgan fingerprint density at radius 1 is 1.26 bits per heavy atom.